The summed E-state index contributed by atoms with van der Waals surface area (Å²) in [4.78, 5) is 25.5. The number of halogens is 1. The Morgan fingerprint density at radius 2 is 1.45 bits per heavy atom. The molecule has 2 aliphatic rings. The minimum absolute atomic E-state index is 0.0837. The van der Waals surface area contributed by atoms with E-state index in [9.17, 15) is 19.8 Å². The maximum atomic E-state index is 11.9. The lowest BCUT2D eigenvalue weighted by molar-refractivity contribution is 0.0989. The van der Waals surface area contributed by atoms with E-state index in [2.05, 4.69) is 0 Å². The maximum Gasteiger partial charge on any atom is 0.190 e. The second-order valence-electron chi connectivity index (χ2n) is 4.87. The number of carbonyl (C=O) groups excluding carboxylic acids is 2. The lowest BCUT2D eigenvalue weighted by Gasteiger charge is -2.24. The number of fused-ring (bicyclic) bond motifs is 1. The van der Waals surface area contributed by atoms with Crippen molar-refractivity contribution in [2.45, 2.75) is 12.8 Å². The molecule has 0 amide bonds. The van der Waals surface area contributed by atoms with Gasteiger partial charge >= 0.3 is 0 Å². The zero-order valence-corrected chi connectivity index (χ0v) is 11.3. The average Bonchev–Trinajstić information content (AvgIpc) is 2.92. The van der Waals surface area contributed by atoms with E-state index in [0.29, 0.717) is 13.1 Å². The van der Waals surface area contributed by atoms with Crippen LogP contribution in [0.1, 0.15) is 33.6 Å². The fourth-order valence-corrected chi connectivity index (χ4v) is 3.01. The maximum absolute atomic E-state index is 11.9. The average molecular weight is 294 g/mol. The van der Waals surface area contributed by atoms with Gasteiger partial charge in [-0.2, -0.15) is 0 Å². The SMILES string of the molecule is O=C1C=CC(=O)c2c(O)c(N3CCCC3)c(Cl)c(O)c21. The second kappa shape index (κ2) is 4.52. The van der Waals surface area contributed by atoms with Gasteiger partial charge in [0.2, 0.25) is 0 Å². The third-order valence-electron chi connectivity index (χ3n) is 3.66. The number of hydrogen-bond donors (Lipinski definition) is 2. The van der Waals surface area contributed by atoms with Crippen molar-refractivity contribution in [3.05, 3.63) is 28.3 Å². The van der Waals surface area contributed by atoms with E-state index in [0.717, 1.165) is 25.0 Å². The van der Waals surface area contributed by atoms with Crippen molar-refractivity contribution in [1.29, 1.82) is 0 Å². The van der Waals surface area contributed by atoms with Gasteiger partial charge in [-0.1, -0.05) is 11.6 Å². The normalized spacial score (nSPS) is 17.8. The Morgan fingerprint density at radius 1 is 0.950 bits per heavy atom. The Labute approximate surface area is 120 Å². The van der Waals surface area contributed by atoms with Crippen molar-refractivity contribution in [1.82, 2.24) is 0 Å². The quantitative estimate of drug-likeness (QED) is 0.777. The Balaban J connectivity index is 2.30. The predicted molar refractivity (Wildman–Crippen MR) is 74.0 cm³/mol. The number of benzene rings is 1. The van der Waals surface area contributed by atoms with Crippen LogP contribution in [-0.2, 0) is 0 Å². The van der Waals surface area contributed by atoms with Crippen molar-refractivity contribution in [2.24, 2.45) is 0 Å². The molecule has 0 radical (unpaired) electrons. The summed E-state index contributed by atoms with van der Waals surface area (Å²) >= 11 is 6.09. The molecule has 0 atom stereocenters. The number of ketones is 2. The Morgan fingerprint density at radius 3 is 2.00 bits per heavy atom. The summed E-state index contributed by atoms with van der Waals surface area (Å²) in [6, 6.07) is 0. The molecule has 2 N–H and O–H groups in total. The van der Waals surface area contributed by atoms with Crippen molar-refractivity contribution in [3.63, 3.8) is 0 Å². The molecule has 1 aliphatic carbocycles. The highest BCUT2D eigenvalue weighted by Gasteiger charge is 2.33. The molecule has 5 nitrogen and oxygen atoms in total. The minimum Gasteiger partial charge on any atom is -0.505 e. The first kappa shape index (κ1) is 13.0. The van der Waals surface area contributed by atoms with Crippen LogP contribution in [0.2, 0.25) is 5.02 Å². The van der Waals surface area contributed by atoms with Crippen LogP contribution in [0.5, 0.6) is 11.5 Å². The van der Waals surface area contributed by atoms with Gasteiger partial charge in [-0.05, 0) is 25.0 Å². The zero-order valence-electron chi connectivity index (χ0n) is 10.5. The van der Waals surface area contributed by atoms with E-state index >= 15 is 0 Å². The standard InChI is InChI=1S/C14H12ClNO4/c15-11-12(16-5-1-2-6-16)14(20)10-8(18)4-3-7(17)9(10)13(11)19/h3-4,19-20H,1-2,5-6H2. The number of phenolic OH excluding ortho intramolecular Hbond substituents is 2. The predicted octanol–water partition coefficient (Wildman–Crippen LogP) is 2.29. The molecule has 6 heteroatoms. The fraction of sp³-hybridized carbons (Fsp3) is 0.286. The largest absolute Gasteiger partial charge is 0.505 e. The third kappa shape index (κ3) is 1.70. The number of phenols is 2. The van der Waals surface area contributed by atoms with Crippen molar-refractivity contribution in [3.8, 4) is 11.5 Å². The number of allylic oxidation sites excluding steroid dienone is 2. The summed E-state index contributed by atoms with van der Waals surface area (Å²) in [6.07, 6.45) is 4.04. The topological polar surface area (TPSA) is 77.8 Å². The van der Waals surface area contributed by atoms with E-state index in [1.165, 1.54) is 0 Å². The summed E-state index contributed by atoms with van der Waals surface area (Å²) in [5, 5.41) is 20.4. The monoisotopic (exact) mass is 293 g/mol. The molecule has 104 valence electrons. The van der Waals surface area contributed by atoms with Crippen LogP contribution in [-0.4, -0.2) is 34.9 Å². The first-order chi connectivity index (χ1) is 9.52. The molecule has 1 fully saturated rings. The molecule has 1 aromatic rings. The number of aromatic hydroxyl groups is 2. The van der Waals surface area contributed by atoms with Crippen molar-refractivity contribution in [2.75, 3.05) is 18.0 Å². The van der Waals surface area contributed by atoms with E-state index in [1.54, 1.807) is 0 Å². The van der Waals surface area contributed by atoms with Gasteiger partial charge in [0.25, 0.3) is 0 Å². The summed E-state index contributed by atoms with van der Waals surface area (Å²) in [5.74, 6) is -1.82. The molecule has 1 heterocycles. The number of anilines is 1. The van der Waals surface area contributed by atoms with Gasteiger partial charge in [0.05, 0.1) is 11.1 Å². The van der Waals surface area contributed by atoms with Crippen LogP contribution >= 0.6 is 11.6 Å². The van der Waals surface area contributed by atoms with Crippen LogP contribution in [0, 0.1) is 0 Å². The highest BCUT2D eigenvalue weighted by atomic mass is 35.5. The molecule has 1 saturated heterocycles. The van der Waals surface area contributed by atoms with Gasteiger partial charge in [0, 0.05) is 13.1 Å². The van der Waals surface area contributed by atoms with Gasteiger partial charge in [-0.3, -0.25) is 9.59 Å². The Hall–Kier alpha value is -2.01. The van der Waals surface area contributed by atoms with Crippen molar-refractivity contribution >= 4 is 28.9 Å². The highest BCUT2D eigenvalue weighted by Crippen LogP contribution is 2.48. The van der Waals surface area contributed by atoms with Crippen LogP contribution in [0.25, 0.3) is 0 Å². The van der Waals surface area contributed by atoms with E-state index < -0.39 is 17.3 Å². The Kier molecular flexibility index (Phi) is 2.94. The lowest BCUT2D eigenvalue weighted by atomic mass is 9.92. The molecule has 0 spiro atoms. The molecule has 0 saturated carbocycles. The first-order valence-corrected chi connectivity index (χ1v) is 6.69. The summed E-state index contributed by atoms with van der Waals surface area (Å²) in [6.45, 7) is 1.37. The molecule has 0 unspecified atom stereocenters. The molecule has 1 aromatic carbocycles. The Bertz CT molecular complexity index is 660. The molecule has 20 heavy (non-hydrogen) atoms. The molecule has 0 aromatic heterocycles. The molecule has 1 aliphatic heterocycles. The number of rotatable bonds is 1. The van der Waals surface area contributed by atoms with Crippen LogP contribution < -0.4 is 4.90 Å². The smallest absolute Gasteiger partial charge is 0.190 e. The highest BCUT2D eigenvalue weighted by molar-refractivity contribution is 6.37. The van der Waals surface area contributed by atoms with E-state index in [4.69, 9.17) is 11.6 Å². The minimum atomic E-state index is -0.540. The van der Waals surface area contributed by atoms with Gasteiger partial charge in [0.15, 0.2) is 17.3 Å². The number of carbonyl (C=O) groups is 2. The first-order valence-electron chi connectivity index (χ1n) is 6.31. The van der Waals surface area contributed by atoms with E-state index in [-0.39, 0.29) is 27.6 Å². The number of nitrogens with zero attached hydrogens (tertiary/aromatic N) is 1. The third-order valence-corrected chi connectivity index (χ3v) is 4.02. The van der Waals surface area contributed by atoms with E-state index in [1.807, 2.05) is 4.90 Å². The summed E-state index contributed by atoms with van der Waals surface area (Å²) in [7, 11) is 0. The second-order valence-corrected chi connectivity index (χ2v) is 5.24. The summed E-state index contributed by atoms with van der Waals surface area (Å²) in [5.41, 5.74) is -0.152. The molecular weight excluding hydrogens is 282 g/mol. The van der Waals surface area contributed by atoms with Crippen LogP contribution in [0.15, 0.2) is 12.2 Å². The van der Waals surface area contributed by atoms with Gasteiger partial charge < -0.3 is 15.1 Å². The molecule has 0 bridgehead atoms. The van der Waals surface area contributed by atoms with Crippen LogP contribution in [0.4, 0.5) is 5.69 Å². The van der Waals surface area contributed by atoms with Crippen molar-refractivity contribution < 1.29 is 19.8 Å². The fourth-order valence-electron chi connectivity index (χ4n) is 2.71. The molecule has 3 rings (SSSR count). The molecular formula is C14H12ClNO4. The lowest BCUT2D eigenvalue weighted by Crippen LogP contribution is -2.21. The van der Waals surface area contributed by atoms with Gasteiger partial charge in [-0.25, -0.2) is 0 Å². The summed E-state index contributed by atoms with van der Waals surface area (Å²) < 4.78 is 0. The zero-order chi connectivity index (χ0) is 14.4. The number of hydrogen-bond acceptors (Lipinski definition) is 5. The van der Waals surface area contributed by atoms with Gasteiger partial charge in [-0.15, -0.1) is 0 Å². The van der Waals surface area contributed by atoms with Gasteiger partial charge in [0.1, 0.15) is 16.5 Å². The van der Waals surface area contributed by atoms with Crippen LogP contribution in [0.3, 0.4) is 0 Å².